The van der Waals surface area contributed by atoms with Gasteiger partial charge < -0.3 is 19.8 Å². The Morgan fingerprint density at radius 2 is 1.65 bits per heavy atom. The molecule has 0 aliphatic carbocycles. The number of hydrogen-bond acceptors (Lipinski definition) is 5. The largest absolute Gasteiger partial charge is 0.394 e. The molecule has 3 fully saturated rings. The van der Waals surface area contributed by atoms with Crippen LogP contribution in [0.4, 0.5) is 11.4 Å². The van der Waals surface area contributed by atoms with E-state index in [-0.39, 0.29) is 42.0 Å². The quantitative estimate of drug-likeness (QED) is 0.361. The summed E-state index contributed by atoms with van der Waals surface area (Å²) in [6, 6.07) is 14.0. The highest BCUT2D eigenvalue weighted by Gasteiger charge is 2.75. The Balaban J connectivity index is 1.63. The zero-order valence-corrected chi connectivity index (χ0v) is 26.4. The van der Waals surface area contributed by atoms with Gasteiger partial charge in [0.05, 0.1) is 29.2 Å². The average molecular weight is 602 g/mol. The van der Waals surface area contributed by atoms with Crippen molar-refractivity contribution < 1.29 is 19.5 Å². The first kappa shape index (κ1) is 31.1. The normalized spacial score (nSPS) is 26.4. The number of para-hydroxylation sites is 2. The van der Waals surface area contributed by atoms with Crippen molar-refractivity contribution in [1.82, 2.24) is 4.90 Å². The molecule has 1 N–H and O–H groups in total. The first-order valence-electron chi connectivity index (χ1n) is 15.2. The molecule has 2 bridgehead atoms. The number of anilines is 2. The predicted molar refractivity (Wildman–Crippen MR) is 174 cm³/mol. The number of benzene rings is 2. The van der Waals surface area contributed by atoms with Crippen LogP contribution in [0.25, 0.3) is 0 Å². The van der Waals surface area contributed by atoms with Gasteiger partial charge in [0.25, 0.3) is 5.91 Å². The van der Waals surface area contributed by atoms with Crippen molar-refractivity contribution in [2.24, 2.45) is 17.8 Å². The average Bonchev–Trinajstić information content (AvgIpc) is 3.63. The third kappa shape index (κ3) is 5.02. The van der Waals surface area contributed by atoms with E-state index in [2.05, 4.69) is 13.2 Å². The third-order valence-corrected chi connectivity index (χ3v) is 11.5. The van der Waals surface area contributed by atoms with Gasteiger partial charge in [-0.1, -0.05) is 62.4 Å². The molecule has 0 radical (unpaired) electrons. The van der Waals surface area contributed by atoms with Crippen LogP contribution in [0.3, 0.4) is 0 Å². The van der Waals surface area contributed by atoms with Gasteiger partial charge in [0, 0.05) is 29.7 Å². The summed E-state index contributed by atoms with van der Waals surface area (Å²) >= 11 is 1.65. The number of carbonyl (C=O) groups is 3. The molecule has 1 spiro atoms. The molecule has 2 aromatic carbocycles. The Labute approximate surface area is 259 Å². The summed E-state index contributed by atoms with van der Waals surface area (Å²) in [5.41, 5.74) is 3.49. The molecule has 7 nitrogen and oxygen atoms in total. The predicted octanol–water partition coefficient (Wildman–Crippen LogP) is 5.15. The highest BCUT2D eigenvalue weighted by atomic mass is 32.2. The number of aryl methyl sites for hydroxylation is 2. The van der Waals surface area contributed by atoms with Gasteiger partial charge in [-0.3, -0.25) is 14.4 Å². The number of carbonyl (C=O) groups excluding carboxylic acids is 3. The molecule has 0 aromatic heterocycles. The minimum atomic E-state index is -0.819. The van der Waals surface area contributed by atoms with Gasteiger partial charge in [-0.25, -0.2) is 0 Å². The summed E-state index contributed by atoms with van der Waals surface area (Å²) in [6.07, 6.45) is 4.82. The number of likely N-dealkylation sites (tertiary alicyclic amines) is 1. The first-order chi connectivity index (χ1) is 20.6. The zero-order valence-electron chi connectivity index (χ0n) is 25.6. The number of aliphatic hydroxyl groups excluding tert-OH is 1. The van der Waals surface area contributed by atoms with E-state index >= 15 is 0 Å². The molecule has 3 saturated heterocycles. The fourth-order valence-corrected chi connectivity index (χ4v) is 9.86. The van der Waals surface area contributed by atoms with Crippen LogP contribution in [0, 0.1) is 31.6 Å². The molecule has 0 saturated carbocycles. The van der Waals surface area contributed by atoms with E-state index in [1.807, 2.05) is 76.2 Å². The van der Waals surface area contributed by atoms with Crippen molar-refractivity contribution in [3.63, 3.8) is 0 Å². The Bertz CT molecular complexity index is 1390. The lowest BCUT2D eigenvalue weighted by Gasteiger charge is -2.41. The van der Waals surface area contributed by atoms with Gasteiger partial charge in [-0.05, 0) is 55.9 Å². The van der Waals surface area contributed by atoms with Gasteiger partial charge in [0.2, 0.25) is 11.8 Å². The van der Waals surface area contributed by atoms with Crippen molar-refractivity contribution >= 4 is 40.9 Å². The summed E-state index contributed by atoms with van der Waals surface area (Å²) in [5, 5.41) is 10.5. The number of fused-ring (bicyclic) bond motifs is 1. The van der Waals surface area contributed by atoms with Crippen LogP contribution < -0.4 is 9.80 Å². The molecule has 43 heavy (non-hydrogen) atoms. The summed E-state index contributed by atoms with van der Waals surface area (Å²) in [7, 11) is 0. The van der Waals surface area contributed by atoms with Gasteiger partial charge in [0.15, 0.2) is 0 Å². The Kier molecular flexibility index (Phi) is 8.91. The standard InChI is InChI=1S/C35H43N3O4S/c1-7-19-36(25-15-10-9-11-16-25)32(40)28-27-17-18-35(43-27)29(28)33(41)38(26(21-39)22(3)4)31(35)34(42)37(20-8-2)30-23(5)13-12-14-24(30)6/h7-16,22,26-29,31,39H,1-2,17-21H2,3-6H3/t26-,27-,28+,29-,31?,35?/m0/s1. The molecular formula is C35H43N3O4S. The summed E-state index contributed by atoms with van der Waals surface area (Å²) in [6.45, 7) is 16.1. The van der Waals surface area contributed by atoms with E-state index in [0.717, 1.165) is 28.9 Å². The monoisotopic (exact) mass is 601 g/mol. The van der Waals surface area contributed by atoms with E-state index in [1.165, 1.54) is 0 Å². The molecule has 3 aliphatic heterocycles. The van der Waals surface area contributed by atoms with E-state index in [0.29, 0.717) is 13.0 Å². The molecule has 3 amide bonds. The van der Waals surface area contributed by atoms with E-state index in [1.54, 1.807) is 38.6 Å². The van der Waals surface area contributed by atoms with Crippen LogP contribution in [0.15, 0.2) is 73.8 Å². The van der Waals surface area contributed by atoms with E-state index in [9.17, 15) is 19.5 Å². The lowest BCUT2D eigenvalue weighted by Crippen LogP contribution is -2.58. The highest BCUT2D eigenvalue weighted by molar-refractivity contribution is 8.02. The van der Waals surface area contributed by atoms with Crippen molar-refractivity contribution in [3.8, 4) is 0 Å². The number of amides is 3. The molecule has 2 aromatic rings. The van der Waals surface area contributed by atoms with Crippen LogP contribution >= 0.6 is 11.8 Å². The lowest BCUT2D eigenvalue weighted by molar-refractivity contribution is -0.142. The smallest absolute Gasteiger partial charge is 0.251 e. The number of nitrogens with zero attached hydrogens (tertiary/aromatic N) is 3. The SMILES string of the molecule is C=CCN(C(=O)[C@@H]1[C@@H]2CCC3(S2)C(C(=O)N(CC=C)c2c(C)cccc2C)N([C@@H](CO)C(C)C)C(=O)[C@H]13)c1ccccc1. The number of hydrogen-bond donors (Lipinski definition) is 1. The van der Waals surface area contributed by atoms with Crippen molar-refractivity contribution in [1.29, 1.82) is 0 Å². The lowest BCUT2D eigenvalue weighted by atomic mass is 9.70. The third-order valence-electron chi connectivity index (χ3n) is 9.50. The maximum absolute atomic E-state index is 15.0. The second-order valence-electron chi connectivity index (χ2n) is 12.3. The van der Waals surface area contributed by atoms with E-state index in [4.69, 9.17) is 0 Å². The molecule has 3 heterocycles. The molecule has 6 atom stereocenters. The van der Waals surface area contributed by atoms with Crippen molar-refractivity contribution in [2.45, 2.75) is 62.6 Å². The Morgan fingerprint density at radius 3 is 2.23 bits per heavy atom. The van der Waals surface area contributed by atoms with Crippen molar-refractivity contribution in [2.75, 3.05) is 29.5 Å². The van der Waals surface area contributed by atoms with Crippen molar-refractivity contribution in [3.05, 3.63) is 85.0 Å². The second-order valence-corrected chi connectivity index (χ2v) is 13.9. The van der Waals surface area contributed by atoms with Gasteiger partial charge >= 0.3 is 0 Å². The van der Waals surface area contributed by atoms with Crippen LogP contribution in [0.5, 0.6) is 0 Å². The fraction of sp³-hybridized carbons (Fsp3) is 0.457. The van der Waals surface area contributed by atoms with Gasteiger partial charge in [-0.15, -0.1) is 24.9 Å². The molecule has 3 aliphatic rings. The van der Waals surface area contributed by atoms with Crippen LogP contribution in [0.1, 0.15) is 37.8 Å². The number of rotatable bonds is 11. The molecule has 8 heteroatoms. The minimum absolute atomic E-state index is 0.0744. The molecule has 2 unspecified atom stereocenters. The topological polar surface area (TPSA) is 81.2 Å². The highest BCUT2D eigenvalue weighted by Crippen LogP contribution is 2.67. The van der Waals surface area contributed by atoms with E-state index < -0.39 is 28.7 Å². The maximum Gasteiger partial charge on any atom is 0.251 e. The summed E-state index contributed by atoms with van der Waals surface area (Å²) in [4.78, 5) is 49.3. The number of thioether (sulfide) groups is 1. The first-order valence-corrected chi connectivity index (χ1v) is 16.1. The fourth-order valence-electron chi connectivity index (χ4n) is 7.67. The van der Waals surface area contributed by atoms with Crippen LogP contribution in [-0.2, 0) is 14.4 Å². The molecular weight excluding hydrogens is 558 g/mol. The molecule has 228 valence electrons. The molecule has 5 rings (SSSR count). The Morgan fingerprint density at radius 1 is 1.02 bits per heavy atom. The maximum atomic E-state index is 15.0. The Hall–Kier alpha value is -3.36. The summed E-state index contributed by atoms with van der Waals surface area (Å²) < 4.78 is -0.770. The second kappa shape index (κ2) is 12.3. The zero-order chi connectivity index (χ0) is 31.1. The number of aliphatic hydroxyl groups is 1. The van der Waals surface area contributed by atoms with Gasteiger partial charge in [0.1, 0.15) is 6.04 Å². The van der Waals surface area contributed by atoms with Crippen LogP contribution in [0.2, 0.25) is 0 Å². The van der Waals surface area contributed by atoms with Gasteiger partial charge in [-0.2, -0.15) is 0 Å². The minimum Gasteiger partial charge on any atom is -0.394 e. The van der Waals surface area contributed by atoms with Crippen LogP contribution in [-0.4, -0.2) is 69.5 Å². The summed E-state index contributed by atoms with van der Waals surface area (Å²) in [5.74, 6) is -1.83.